The molecule has 0 atom stereocenters. The molecular formula is C16H15N3O. The summed E-state index contributed by atoms with van der Waals surface area (Å²) in [5, 5.41) is 2.82. The minimum atomic E-state index is -0.191. The Hall–Kier alpha value is -2.64. The van der Waals surface area contributed by atoms with Crippen LogP contribution in [0.3, 0.4) is 0 Å². The van der Waals surface area contributed by atoms with Crippen LogP contribution in [0.25, 0.3) is 0 Å². The first-order chi connectivity index (χ1) is 9.79. The van der Waals surface area contributed by atoms with E-state index in [1.807, 2.05) is 24.3 Å². The number of carbonyl (C=O) groups excluding carboxylic acids is 1. The molecule has 0 unspecified atom stereocenters. The molecule has 0 saturated heterocycles. The fourth-order valence-electron chi connectivity index (χ4n) is 1.68. The number of rotatable bonds is 3. The number of pyridine rings is 1. The van der Waals surface area contributed by atoms with Crippen LogP contribution in [0.15, 0.2) is 48.7 Å². The van der Waals surface area contributed by atoms with Gasteiger partial charge in [0.1, 0.15) is 5.69 Å². The van der Waals surface area contributed by atoms with E-state index >= 15 is 0 Å². The summed E-state index contributed by atoms with van der Waals surface area (Å²) in [6, 6.07) is 12.9. The van der Waals surface area contributed by atoms with Crippen LogP contribution in [0, 0.1) is 11.8 Å². The summed E-state index contributed by atoms with van der Waals surface area (Å²) in [4.78, 5) is 15.9. The number of aromatic nitrogens is 1. The summed E-state index contributed by atoms with van der Waals surface area (Å²) in [7, 11) is 0. The summed E-state index contributed by atoms with van der Waals surface area (Å²) in [5.41, 5.74) is 7.62. The number of benzene rings is 1. The monoisotopic (exact) mass is 265 g/mol. The van der Waals surface area contributed by atoms with Gasteiger partial charge >= 0.3 is 0 Å². The van der Waals surface area contributed by atoms with E-state index in [1.54, 1.807) is 24.4 Å². The summed E-state index contributed by atoms with van der Waals surface area (Å²) in [6.07, 6.45) is 1.60. The maximum atomic E-state index is 11.9. The van der Waals surface area contributed by atoms with E-state index in [9.17, 15) is 4.79 Å². The second-order valence-corrected chi connectivity index (χ2v) is 4.10. The number of hydrogen-bond acceptors (Lipinski definition) is 3. The highest BCUT2D eigenvalue weighted by molar-refractivity contribution is 5.92. The van der Waals surface area contributed by atoms with Gasteiger partial charge in [-0.15, -0.1) is 0 Å². The molecule has 2 aromatic rings. The predicted molar refractivity (Wildman–Crippen MR) is 77.8 cm³/mol. The Morgan fingerprint density at radius 2 is 2.15 bits per heavy atom. The highest BCUT2D eigenvalue weighted by atomic mass is 16.1. The molecule has 4 nitrogen and oxygen atoms in total. The fourth-order valence-corrected chi connectivity index (χ4v) is 1.68. The highest BCUT2D eigenvalue weighted by Crippen LogP contribution is 2.04. The molecule has 2 rings (SSSR count). The molecule has 1 aromatic heterocycles. The first-order valence-electron chi connectivity index (χ1n) is 6.26. The quantitative estimate of drug-likeness (QED) is 0.822. The molecule has 0 radical (unpaired) electrons. The summed E-state index contributed by atoms with van der Waals surface area (Å²) in [6.45, 7) is 0.772. The van der Waals surface area contributed by atoms with Gasteiger partial charge in [-0.1, -0.05) is 30.0 Å². The fraction of sp³-hybridized carbons (Fsp3) is 0.125. The van der Waals surface area contributed by atoms with Crippen molar-refractivity contribution in [2.24, 2.45) is 5.73 Å². The number of nitrogens with zero attached hydrogens (tertiary/aromatic N) is 1. The van der Waals surface area contributed by atoms with Crippen molar-refractivity contribution >= 4 is 5.91 Å². The zero-order valence-corrected chi connectivity index (χ0v) is 11.0. The summed E-state index contributed by atoms with van der Waals surface area (Å²) < 4.78 is 0. The van der Waals surface area contributed by atoms with Crippen LogP contribution in [-0.4, -0.2) is 17.4 Å². The van der Waals surface area contributed by atoms with Crippen LogP contribution in [0.2, 0.25) is 0 Å². The summed E-state index contributed by atoms with van der Waals surface area (Å²) >= 11 is 0. The van der Waals surface area contributed by atoms with Crippen molar-refractivity contribution in [2.75, 3.05) is 6.54 Å². The van der Waals surface area contributed by atoms with Gasteiger partial charge in [-0.05, 0) is 29.8 Å². The van der Waals surface area contributed by atoms with E-state index in [0.717, 1.165) is 11.1 Å². The van der Waals surface area contributed by atoms with Crippen LogP contribution in [0.5, 0.6) is 0 Å². The van der Waals surface area contributed by atoms with E-state index in [0.29, 0.717) is 18.8 Å². The molecule has 0 fully saturated rings. The Morgan fingerprint density at radius 3 is 2.90 bits per heavy atom. The molecule has 4 heteroatoms. The van der Waals surface area contributed by atoms with E-state index in [4.69, 9.17) is 5.73 Å². The van der Waals surface area contributed by atoms with Gasteiger partial charge in [0.15, 0.2) is 0 Å². The van der Waals surface area contributed by atoms with Crippen molar-refractivity contribution in [3.8, 4) is 11.8 Å². The van der Waals surface area contributed by atoms with Crippen LogP contribution >= 0.6 is 0 Å². The first kappa shape index (κ1) is 13.8. The number of nitrogens with two attached hydrogens (primary N) is 1. The lowest BCUT2D eigenvalue weighted by Gasteiger charge is -2.05. The molecule has 0 aliphatic rings. The van der Waals surface area contributed by atoms with Crippen molar-refractivity contribution in [3.05, 3.63) is 65.5 Å². The third-order valence-electron chi connectivity index (χ3n) is 2.61. The average molecular weight is 265 g/mol. The van der Waals surface area contributed by atoms with Crippen LogP contribution in [0.1, 0.15) is 21.6 Å². The molecule has 100 valence electrons. The zero-order valence-electron chi connectivity index (χ0n) is 11.0. The van der Waals surface area contributed by atoms with Crippen molar-refractivity contribution in [1.82, 2.24) is 10.3 Å². The topological polar surface area (TPSA) is 68.0 Å². The van der Waals surface area contributed by atoms with Crippen molar-refractivity contribution in [2.45, 2.75) is 6.54 Å². The van der Waals surface area contributed by atoms with Gasteiger partial charge in [-0.25, -0.2) is 0 Å². The highest BCUT2D eigenvalue weighted by Gasteiger charge is 2.05. The third kappa shape index (κ3) is 3.94. The summed E-state index contributed by atoms with van der Waals surface area (Å²) in [5.74, 6) is 5.58. The van der Waals surface area contributed by atoms with Gasteiger partial charge in [0, 0.05) is 18.3 Å². The van der Waals surface area contributed by atoms with Gasteiger partial charge in [0.2, 0.25) is 0 Å². The molecular weight excluding hydrogens is 250 g/mol. The smallest absolute Gasteiger partial charge is 0.270 e. The average Bonchev–Trinajstić information content (AvgIpc) is 2.52. The Morgan fingerprint density at radius 1 is 1.25 bits per heavy atom. The van der Waals surface area contributed by atoms with E-state index in [2.05, 4.69) is 22.1 Å². The van der Waals surface area contributed by atoms with Gasteiger partial charge in [0.25, 0.3) is 5.91 Å². The second-order valence-electron chi connectivity index (χ2n) is 4.10. The molecule has 0 spiro atoms. The maximum Gasteiger partial charge on any atom is 0.270 e. The minimum absolute atomic E-state index is 0.191. The SMILES string of the molecule is NCC#Cc1cccc(CNC(=O)c2ccccn2)c1. The molecule has 0 saturated carbocycles. The molecule has 3 N–H and O–H groups in total. The van der Waals surface area contributed by atoms with Crippen LogP contribution in [0.4, 0.5) is 0 Å². The Kier molecular flexibility index (Phi) is 4.87. The normalized spacial score (nSPS) is 9.45. The molecule has 0 bridgehead atoms. The van der Waals surface area contributed by atoms with Gasteiger partial charge in [-0.3, -0.25) is 9.78 Å². The first-order valence-corrected chi connectivity index (χ1v) is 6.26. The Labute approximate surface area is 118 Å². The molecule has 1 heterocycles. The second kappa shape index (κ2) is 7.07. The number of nitrogens with one attached hydrogen (secondary N) is 1. The number of hydrogen-bond donors (Lipinski definition) is 2. The zero-order chi connectivity index (χ0) is 14.2. The van der Waals surface area contributed by atoms with Crippen molar-refractivity contribution < 1.29 is 4.79 Å². The molecule has 1 amide bonds. The standard InChI is InChI=1S/C16H15N3O/c17-9-4-7-13-5-3-6-14(11-13)12-19-16(20)15-8-1-2-10-18-15/h1-3,5-6,8,10-11H,9,12,17H2,(H,19,20). The third-order valence-corrected chi connectivity index (χ3v) is 2.61. The van der Waals surface area contributed by atoms with Crippen molar-refractivity contribution in [1.29, 1.82) is 0 Å². The lowest BCUT2D eigenvalue weighted by atomic mass is 10.1. The van der Waals surface area contributed by atoms with Crippen molar-refractivity contribution in [3.63, 3.8) is 0 Å². The molecule has 1 aromatic carbocycles. The number of amides is 1. The van der Waals surface area contributed by atoms with Gasteiger partial charge < -0.3 is 11.1 Å². The van der Waals surface area contributed by atoms with E-state index < -0.39 is 0 Å². The Bertz CT molecular complexity index is 642. The van der Waals surface area contributed by atoms with E-state index in [1.165, 1.54) is 0 Å². The van der Waals surface area contributed by atoms with Crippen LogP contribution < -0.4 is 11.1 Å². The number of carbonyl (C=O) groups is 1. The predicted octanol–water partition coefficient (Wildman–Crippen LogP) is 1.32. The van der Waals surface area contributed by atoms with Crippen LogP contribution in [-0.2, 0) is 6.54 Å². The van der Waals surface area contributed by atoms with E-state index in [-0.39, 0.29) is 5.91 Å². The Balaban J connectivity index is 1.99. The molecule has 0 aliphatic carbocycles. The minimum Gasteiger partial charge on any atom is -0.347 e. The van der Waals surface area contributed by atoms with Gasteiger partial charge in [0.05, 0.1) is 6.54 Å². The lowest BCUT2D eigenvalue weighted by Crippen LogP contribution is -2.23. The molecule has 20 heavy (non-hydrogen) atoms. The lowest BCUT2D eigenvalue weighted by molar-refractivity contribution is 0.0946. The molecule has 0 aliphatic heterocycles. The maximum absolute atomic E-state index is 11.9. The van der Waals surface area contributed by atoms with Gasteiger partial charge in [-0.2, -0.15) is 0 Å². The largest absolute Gasteiger partial charge is 0.347 e.